The molecule has 3 aromatic carbocycles. The standard InChI is InChI=1S/C30H26F3N7OS.C4F6O2/c1-38(2)17-20-6-3-4-9-23(20)18-10-12-21(13-11-18)39-15-14-24-25(28(39)41)40(37-26(24)30(31,32)33)22-8-5-7-19(16-22)27-35-36-29(34)42-27;5-3(6,7)1(11)2(12)4(8,9)10/h3-13,16H,14-15,17H2,1-2H3,(H2,34,36);. The van der Waals surface area contributed by atoms with Gasteiger partial charge in [0.15, 0.2) is 5.69 Å². The molecule has 0 bridgehead atoms. The molecule has 5 aromatic rings. The van der Waals surface area contributed by atoms with Gasteiger partial charge in [-0.1, -0.05) is 59.9 Å². The van der Waals surface area contributed by atoms with Crippen LogP contribution >= 0.6 is 11.3 Å². The van der Waals surface area contributed by atoms with E-state index in [-0.39, 0.29) is 29.4 Å². The minimum atomic E-state index is -5.77. The summed E-state index contributed by atoms with van der Waals surface area (Å²) in [4.78, 5) is 36.7. The van der Waals surface area contributed by atoms with Gasteiger partial charge in [0, 0.05) is 29.9 Å². The molecular weight excluding hydrogens is 757 g/mol. The van der Waals surface area contributed by atoms with E-state index in [0.717, 1.165) is 39.3 Å². The second kappa shape index (κ2) is 15.0. The van der Waals surface area contributed by atoms with Crippen LogP contribution in [0, 0.1) is 0 Å². The van der Waals surface area contributed by atoms with E-state index in [9.17, 15) is 53.9 Å². The molecule has 284 valence electrons. The maximum atomic E-state index is 14.1. The zero-order chi connectivity index (χ0) is 39.7. The number of hydrogen-bond donors (Lipinski definition) is 1. The Balaban J connectivity index is 0.000000404. The number of carbonyl (C=O) groups is 3. The number of rotatable bonds is 7. The van der Waals surface area contributed by atoms with E-state index >= 15 is 0 Å². The van der Waals surface area contributed by atoms with Gasteiger partial charge in [-0.05, 0) is 61.5 Å². The fourth-order valence-electron chi connectivity index (χ4n) is 5.50. The van der Waals surface area contributed by atoms with Crippen molar-refractivity contribution in [3.8, 4) is 27.4 Å². The van der Waals surface area contributed by atoms with E-state index in [1.807, 2.05) is 56.6 Å². The average Bonchev–Trinajstić information content (AvgIpc) is 3.72. The number of hydrogen-bond acceptors (Lipinski definition) is 9. The van der Waals surface area contributed by atoms with Crippen molar-refractivity contribution < 1.29 is 53.9 Å². The third-order valence-electron chi connectivity index (χ3n) is 7.78. The molecule has 2 N–H and O–H groups in total. The van der Waals surface area contributed by atoms with Crippen molar-refractivity contribution in [3.05, 3.63) is 95.3 Å². The number of fused-ring (bicyclic) bond motifs is 1. The Bertz CT molecular complexity index is 2170. The van der Waals surface area contributed by atoms with Gasteiger partial charge in [-0.3, -0.25) is 14.4 Å². The van der Waals surface area contributed by atoms with Gasteiger partial charge in [0.1, 0.15) is 10.7 Å². The number of amides is 1. The summed E-state index contributed by atoms with van der Waals surface area (Å²) < 4.78 is 110. The van der Waals surface area contributed by atoms with Crippen molar-refractivity contribution in [1.29, 1.82) is 0 Å². The van der Waals surface area contributed by atoms with Gasteiger partial charge >= 0.3 is 30.1 Å². The van der Waals surface area contributed by atoms with Crippen molar-refractivity contribution in [3.63, 3.8) is 0 Å². The molecule has 0 fully saturated rings. The van der Waals surface area contributed by atoms with Crippen LogP contribution in [-0.4, -0.2) is 75.3 Å². The van der Waals surface area contributed by atoms with Gasteiger partial charge in [-0.15, -0.1) is 10.2 Å². The van der Waals surface area contributed by atoms with E-state index in [0.29, 0.717) is 21.9 Å². The lowest BCUT2D eigenvalue weighted by Gasteiger charge is -2.28. The fraction of sp³-hybridized carbons (Fsp3) is 0.235. The first-order valence-corrected chi connectivity index (χ1v) is 16.2. The Morgan fingerprint density at radius 2 is 1.44 bits per heavy atom. The minimum absolute atomic E-state index is 0.00988. The molecule has 1 aliphatic heterocycles. The number of nitrogens with two attached hydrogens (primary N) is 1. The van der Waals surface area contributed by atoms with Crippen LogP contribution in [-0.2, 0) is 28.7 Å². The minimum Gasteiger partial charge on any atom is -0.374 e. The average molecular weight is 784 g/mol. The highest BCUT2D eigenvalue weighted by atomic mass is 32.1. The van der Waals surface area contributed by atoms with Crippen LogP contribution in [0.25, 0.3) is 27.4 Å². The summed E-state index contributed by atoms with van der Waals surface area (Å²) >= 11 is 1.15. The van der Waals surface area contributed by atoms with Crippen LogP contribution in [0.5, 0.6) is 0 Å². The van der Waals surface area contributed by atoms with E-state index in [2.05, 4.69) is 26.3 Å². The summed E-state index contributed by atoms with van der Waals surface area (Å²) in [6, 6.07) is 22.3. The smallest absolute Gasteiger partial charge is 0.374 e. The molecule has 6 rings (SSSR count). The van der Waals surface area contributed by atoms with E-state index < -0.39 is 41.7 Å². The zero-order valence-electron chi connectivity index (χ0n) is 27.8. The van der Waals surface area contributed by atoms with Gasteiger partial charge in [-0.25, -0.2) is 4.68 Å². The number of halogens is 9. The molecule has 0 saturated heterocycles. The summed E-state index contributed by atoms with van der Waals surface area (Å²) in [6.07, 6.45) is -16.3. The molecule has 3 heterocycles. The Kier molecular flexibility index (Phi) is 11.0. The summed E-state index contributed by atoms with van der Waals surface area (Å²) in [5.74, 6) is -7.37. The highest BCUT2D eigenvalue weighted by molar-refractivity contribution is 7.18. The molecular formula is C34H26F9N7O3S. The molecule has 0 unspecified atom stereocenters. The number of carbonyl (C=O) groups excluding carboxylic acids is 3. The molecule has 1 amide bonds. The van der Waals surface area contributed by atoms with Crippen LogP contribution in [0.1, 0.15) is 27.3 Å². The van der Waals surface area contributed by atoms with Gasteiger partial charge in [-0.2, -0.15) is 44.6 Å². The summed E-state index contributed by atoms with van der Waals surface area (Å²) in [5.41, 5.74) is 9.17. The summed E-state index contributed by atoms with van der Waals surface area (Å²) in [6.45, 7) is 0.867. The predicted octanol–water partition coefficient (Wildman–Crippen LogP) is 7.17. The number of ketones is 2. The quantitative estimate of drug-likeness (QED) is 0.136. The molecule has 0 spiro atoms. The normalized spacial score (nSPS) is 13.4. The number of nitrogen functional groups attached to an aromatic ring is 1. The van der Waals surface area contributed by atoms with Crippen molar-refractivity contribution >= 4 is 39.6 Å². The monoisotopic (exact) mass is 783 g/mol. The van der Waals surface area contributed by atoms with E-state index in [4.69, 9.17) is 5.73 Å². The van der Waals surface area contributed by atoms with E-state index in [1.165, 1.54) is 4.90 Å². The third-order valence-corrected chi connectivity index (χ3v) is 8.58. The van der Waals surface area contributed by atoms with Crippen LogP contribution in [0.4, 0.5) is 50.3 Å². The number of benzene rings is 3. The molecule has 1 aliphatic rings. The lowest BCUT2D eigenvalue weighted by atomic mass is 9.98. The second-order valence-corrected chi connectivity index (χ2v) is 12.9. The van der Waals surface area contributed by atoms with E-state index in [1.54, 1.807) is 24.3 Å². The number of alkyl halides is 9. The molecule has 54 heavy (non-hydrogen) atoms. The van der Waals surface area contributed by atoms with Crippen LogP contribution < -0.4 is 10.6 Å². The number of anilines is 2. The maximum Gasteiger partial charge on any atom is 0.458 e. The van der Waals surface area contributed by atoms with Gasteiger partial charge in [0.05, 0.1) is 5.69 Å². The Hall–Kier alpha value is -5.63. The third kappa shape index (κ3) is 8.60. The Labute approximate surface area is 303 Å². The first-order valence-electron chi connectivity index (χ1n) is 15.4. The fourth-order valence-corrected chi connectivity index (χ4v) is 6.11. The Morgan fingerprint density at radius 3 is 2.00 bits per heavy atom. The van der Waals surface area contributed by atoms with Crippen molar-refractivity contribution in [2.24, 2.45) is 0 Å². The van der Waals surface area contributed by atoms with Gasteiger partial charge in [0.2, 0.25) is 5.13 Å². The molecule has 0 radical (unpaired) electrons. The van der Waals surface area contributed by atoms with Crippen LogP contribution in [0.2, 0.25) is 0 Å². The maximum absolute atomic E-state index is 14.1. The number of Topliss-reactive ketones (excluding diaryl/α,β-unsaturated/α-hetero) is 2. The number of nitrogens with zero attached hydrogens (tertiary/aromatic N) is 6. The van der Waals surface area contributed by atoms with Crippen molar-refractivity contribution in [2.45, 2.75) is 31.5 Å². The van der Waals surface area contributed by atoms with Gasteiger partial charge in [0.25, 0.3) is 5.91 Å². The topological polar surface area (TPSA) is 127 Å². The first kappa shape index (κ1) is 39.6. The molecule has 0 saturated carbocycles. The lowest BCUT2D eigenvalue weighted by Crippen LogP contribution is -2.39. The second-order valence-electron chi connectivity index (χ2n) is 11.9. The molecule has 0 atom stereocenters. The van der Waals surface area contributed by atoms with Crippen molar-refractivity contribution in [1.82, 2.24) is 24.9 Å². The van der Waals surface area contributed by atoms with Crippen molar-refractivity contribution in [2.75, 3.05) is 31.3 Å². The lowest BCUT2D eigenvalue weighted by molar-refractivity contribution is -0.193. The first-order chi connectivity index (χ1) is 25.2. The SMILES string of the molecule is CN(C)Cc1ccccc1-c1ccc(N2CCc3c(C(F)(F)F)nn(-c4cccc(-c5nnc(N)s5)c4)c3C2=O)cc1.O=C(C(=O)C(F)(F)F)C(F)(F)F. The largest absolute Gasteiger partial charge is 0.458 e. The Morgan fingerprint density at radius 1 is 0.815 bits per heavy atom. The van der Waals surface area contributed by atoms with Crippen LogP contribution in [0.15, 0.2) is 72.8 Å². The molecule has 0 aliphatic carbocycles. The summed E-state index contributed by atoms with van der Waals surface area (Å²) in [5, 5.41) is 12.5. The van der Waals surface area contributed by atoms with Crippen LogP contribution in [0.3, 0.4) is 0 Å². The molecule has 20 heteroatoms. The zero-order valence-corrected chi connectivity index (χ0v) is 28.7. The molecule has 10 nitrogen and oxygen atoms in total. The summed E-state index contributed by atoms with van der Waals surface area (Å²) in [7, 11) is 4.01. The predicted molar refractivity (Wildman–Crippen MR) is 179 cm³/mol. The molecule has 2 aromatic heterocycles. The number of aromatic nitrogens is 4. The highest BCUT2D eigenvalue weighted by Crippen LogP contribution is 2.38. The van der Waals surface area contributed by atoms with Gasteiger partial charge < -0.3 is 15.5 Å². The highest BCUT2D eigenvalue weighted by Gasteiger charge is 2.54.